The molecule has 1 fully saturated rings. The molecule has 1 heterocycles. The van der Waals surface area contributed by atoms with Crippen LogP contribution in [0, 0.1) is 17.2 Å². The number of likely N-dealkylation sites (tertiary alicyclic amines) is 1. The first-order valence-electron chi connectivity index (χ1n) is 14.5. The van der Waals surface area contributed by atoms with Crippen molar-refractivity contribution in [2.24, 2.45) is 11.3 Å². The average molecular weight is 564 g/mol. The molecule has 3 unspecified atom stereocenters. The lowest BCUT2D eigenvalue weighted by molar-refractivity contribution is -0.151. The summed E-state index contributed by atoms with van der Waals surface area (Å²) in [5, 5.41) is 0. The normalized spacial score (nSPS) is 19.0. The Morgan fingerprint density at radius 1 is 1.20 bits per heavy atom. The number of nitrogens with zero attached hydrogens (tertiary/aromatic N) is 3. The van der Waals surface area contributed by atoms with Crippen LogP contribution in [0.5, 0.6) is 5.75 Å². The van der Waals surface area contributed by atoms with Gasteiger partial charge in [0, 0.05) is 39.5 Å². The van der Waals surface area contributed by atoms with Crippen LogP contribution in [0.25, 0.3) is 0 Å². The minimum Gasteiger partial charge on any atom is -0.495 e. The van der Waals surface area contributed by atoms with E-state index in [0.717, 1.165) is 29.7 Å². The SMILES string of the molecule is C=CN(/C=C(/C)C(C)CC)c1ccc(CC2(CN(C)C(C)=O)CCCN(C(C)c3ccc(F)cc3)C2=O)cc1OC. The van der Waals surface area contributed by atoms with Gasteiger partial charge in [0.2, 0.25) is 11.8 Å². The number of benzene rings is 2. The number of carbonyl (C=O) groups is 2. The molecule has 0 saturated carbocycles. The minimum absolute atomic E-state index is 0.0107. The van der Waals surface area contributed by atoms with Crippen LogP contribution in [-0.4, -0.2) is 48.9 Å². The topological polar surface area (TPSA) is 53.1 Å². The molecule has 0 bridgehead atoms. The second-order valence-corrected chi connectivity index (χ2v) is 11.4. The van der Waals surface area contributed by atoms with Crippen molar-refractivity contribution in [1.82, 2.24) is 9.80 Å². The minimum atomic E-state index is -0.801. The molecule has 222 valence electrons. The van der Waals surface area contributed by atoms with E-state index in [1.165, 1.54) is 24.6 Å². The summed E-state index contributed by atoms with van der Waals surface area (Å²) in [6.45, 7) is 14.9. The van der Waals surface area contributed by atoms with Crippen LogP contribution in [0.2, 0.25) is 0 Å². The van der Waals surface area contributed by atoms with Crippen LogP contribution in [0.3, 0.4) is 0 Å². The van der Waals surface area contributed by atoms with Crippen molar-refractivity contribution >= 4 is 17.5 Å². The van der Waals surface area contributed by atoms with E-state index in [4.69, 9.17) is 4.74 Å². The van der Waals surface area contributed by atoms with Crippen LogP contribution < -0.4 is 9.64 Å². The quantitative estimate of drug-likeness (QED) is 0.276. The fourth-order valence-electron chi connectivity index (χ4n) is 5.65. The molecule has 1 aliphatic heterocycles. The number of piperidine rings is 1. The molecule has 0 spiro atoms. The number of methoxy groups -OCH3 is 1. The molecule has 0 radical (unpaired) electrons. The molecule has 7 heteroatoms. The van der Waals surface area contributed by atoms with Gasteiger partial charge in [0.15, 0.2) is 0 Å². The summed E-state index contributed by atoms with van der Waals surface area (Å²) in [6.07, 6.45) is 6.83. The maximum atomic E-state index is 14.3. The molecule has 0 aliphatic carbocycles. The zero-order chi connectivity index (χ0) is 30.3. The van der Waals surface area contributed by atoms with Gasteiger partial charge in [-0.25, -0.2) is 4.39 Å². The summed E-state index contributed by atoms with van der Waals surface area (Å²) in [6, 6.07) is 12.1. The summed E-state index contributed by atoms with van der Waals surface area (Å²) in [7, 11) is 3.39. The van der Waals surface area contributed by atoms with Crippen molar-refractivity contribution in [2.75, 3.05) is 32.1 Å². The lowest BCUT2D eigenvalue weighted by Gasteiger charge is -2.46. The molecule has 2 amide bonds. The van der Waals surface area contributed by atoms with E-state index < -0.39 is 5.41 Å². The van der Waals surface area contributed by atoms with E-state index in [2.05, 4.69) is 33.6 Å². The van der Waals surface area contributed by atoms with E-state index in [1.807, 2.05) is 34.9 Å². The standard InChI is InChI=1S/C34H46FN3O3/c1-9-24(3)25(4)22-37(10-2)31-17-12-28(20-32(31)41-8)21-34(23-36(7)27(6)39)18-11-19-38(33(34)40)26(5)29-13-15-30(35)16-14-29/h10,12-17,20,22,24,26H,2,9,11,18-19,21,23H2,1,3-8H3/b25-22-. The largest absolute Gasteiger partial charge is 0.495 e. The first-order valence-corrected chi connectivity index (χ1v) is 14.5. The molecule has 1 aliphatic rings. The molecule has 6 nitrogen and oxygen atoms in total. The summed E-state index contributed by atoms with van der Waals surface area (Å²) < 4.78 is 19.4. The van der Waals surface area contributed by atoms with Crippen LogP contribution in [0.1, 0.15) is 71.0 Å². The highest BCUT2D eigenvalue weighted by atomic mass is 19.1. The maximum Gasteiger partial charge on any atom is 0.231 e. The molecular formula is C34H46FN3O3. The van der Waals surface area contributed by atoms with Gasteiger partial charge in [-0.1, -0.05) is 44.2 Å². The third-order valence-electron chi connectivity index (χ3n) is 8.66. The number of halogens is 1. The van der Waals surface area contributed by atoms with Crippen LogP contribution in [-0.2, 0) is 16.0 Å². The maximum absolute atomic E-state index is 14.3. The Bertz CT molecular complexity index is 1260. The number of rotatable bonds is 12. The first-order chi connectivity index (χ1) is 19.5. The van der Waals surface area contributed by atoms with E-state index in [0.29, 0.717) is 37.6 Å². The number of hydrogen-bond donors (Lipinski definition) is 0. The fraction of sp³-hybridized carbons (Fsp3) is 0.471. The fourth-order valence-corrected chi connectivity index (χ4v) is 5.65. The van der Waals surface area contributed by atoms with Crippen molar-refractivity contribution in [1.29, 1.82) is 0 Å². The van der Waals surface area contributed by atoms with Crippen molar-refractivity contribution in [2.45, 2.75) is 66.3 Å². The monoisotopic (exact) mass is 563 g/mol. The van der Waals surface area contributed by atoms with Gasteiger partial charge in [0.05, 0.1) is 24.3 Å². The third-order valence-corrected chi connectivity index (χ3v) is 8.66. The van der Waals surface area contributed by atoms with Gasteiger partial charge < -0.3 is 19.4 Å². The highest BCUT2D eigenvalue weighted by molar-refractivity contribution is 5.85. The summed E-state index contributed by atoms with van der Waals surface area (Å²) in [5.41, 5.74) is 3.15. The smallest absolute Gasteiger partial charge is 0.231 e. The van der Waals surface area contributed by atoms with Crippen LogP contribution in [0.15, 0.2) is 67.0 Å². The van der Waals surface area contributed by atoms with Gasteiger partial charge in [-0.05, 0) is 80.8 Å². The van der Waals surface area contributed by atoms with E-state index >= 15 is 0 Å². The number of anilines is 1. The van der Waals surface area contributed by atoms with Crippen molar-refractivity contribution in [3.05, 3.63) is 84.0 Å². The summed E-state index contributed by atoms with van der Waals surface area (Å²) in [4.78, 5) is 32.2. The second kappa shape index (κ2) is 13.8. The molecule has 0 N–H and O–H groups in total. The lowest BCUT2D eigenvalue weighted by Crippen LogP contribution is -2.55. The third kappa shape index (κ3) is 7.38. The Kier molecular flexibility index (Phi) is 10.8. The van der Waals surface area contributed by atoms with E-state index in [1.54, 1.807) is 37.4 Å². The number of carbonyl (C=O) groups excluding carboxylic acids is 2. The Labute approximate surface area is 245 Å². The van der Waals surface area contributed by atoms with Gasteiger partial charge in [0.25, 0.3) is 0 Å². The molecule has 0 aromatic heterocycles. The first kappa shape index (κ1) is 31.9. The van der Waals surface area contributed by atoms with E-state index in [9.17, 15) is 14.0 Å². The molecular weight excluding hydrogens is 517 g/mol. The van der Waals surface area contributed by atoms with Crippen LogP contribution in [0.4, 0.5) is 10.1 Å². The van der Waals surface area contributed by atoms with Gasteiger partial charge in [0.1, 0.15) is 11.6 Å². The molecule has 1 saturated heterocycles. The zero-order valence-corrected chi connectivity index (χ0v) is 25.7. The van der Waals surface area contributed by atoms with Crippen molar-refractivity contribution in [3.8, 4) is 5.75 Å². The van der Waals surface area contributed by atoms with Gasteiger partial charge in [-0.3, -0.25) is 9.59 Å². The highest BCUT2D eigenvalue weighted by Crippen LogP contribution is 2.41. The second-order valence-electron chi connectivity index (χ2n) is 11.4. The molecule has 41 heavy (non-hydrogen) atoms. The highest BCUT2D eigenvalue weighted by Gasteiger charge is 2.46. The number of amides is 2. The Balaban J connectivity index is 1.99. The summed E-state index contributed by atoms with van der Waals surface area (Å²) in [5.74, 6) is 0.751. The lowest BCUT2D eigenvalue weighted by atomic mass is 9.73. The van der Waals surface area contributed by atoms with Gasteiger partial charge in [-0.2, -0.15) is 0 Å². The average Bonchev–Trinajstić information content (AvgIpc) is 2.96. The predicted molar refractivity (Wildman–Crippen MR) is 164 cm³/mol. The van der Waals surface area contributed by atoms with Crippen LogP contribution >= 0.6 is 0 Å². The summed E-state index contributed by atoms with van der Waals surface area (Å²) >= 11 is 0. The van der Waals surface area contributed by atoms with Gasteiger partial charge in [-0.15, -0.1) is 0 Å². The predicted octanol–water partition coefficient (Wildman–Crippen LogP) is 7.12. The van der Waals surface area contributed by atoms with Gasteiger partial charge >= 0.3 is 0 Å². The number of ether oxygens (including phenoxy) is 1. The van der Waals surface area contributed by atoms with Crippen molar-refractivity contribution in [3.63, 3.8) is 0 Å². The van der Waals surface area contributed by atoms with E-state index in [-0.39, 0.29) is 23.7 Å². The number of hydrogen-bond acceptors (Lipinski definition) is 4. The molecule has 3 rings (SSSR count). The zero-order valence-electron chi connectivity index (χ0n) is 25.7. The number of allylic oxidation sites excluding steroid dienone is 1. The Morgan fingerprint density at radius 2 is 1.88 bits per heavy atom. The molecule has 2 aromatic carbocycles. The Hall–Kier alpha value is -3.61. The Morgan fingerprint density at radius 3 is 2.46 bits per heavy atom. The molecule has 2 aromatic rings. The molecule has 3 atom stereocenters. The van der Waals surface area contributed by atoms with Crippen molar-refractivity contribution < 1.29 is 18.7 Å².